The Morgan fingerprint density at radius 1 is 1.24 bits per heavy atom. The molecule has 2 N–H and O–H groups in total. The van der Waals surface area contributed by atoms with Crippen LogP contribution in [0.15, 0.2) is 24.3 Å². The van der Waals surface area contributed by atoms with E-state index in [2.05, 4.69) is 20.8 Å². The minimum Gasteiger partial charge on any atom is -0.497 e. The molecule has 0 fully saturated rings. The Labute approximate surface area is 150 Å². The Morgan fingerprint density at radius 2 is 1.96 bits per heavy atom. The Bertz CT molecular complexity index is 715. The zero-order valence-corrected chi connectivity index (χ0v) is 15.4. The number of carbonyl (C=O) groups is 2. The molecule has 1 atom stereocenters. The molecule has 0 spiro atoms. The van der Waals surface area contributed by atoms with Crippen molar-refractivity contribution in [3.05, 3.63) is 24.3 Å². The van der Waals surface area contributed by atoms with Gasteiger partial charge in [0.05, 0.1) is 7.11 Å². The van der Waals surface area contributed by atoms with Crippen molar-refractivity contribution in [1.82, 2.24) is 15.5 Å². The van der Waals surface area contributed by atoms with E-state index in [1.54, 1.807) is 14.0 Å². The topological polar surface area (TPSA) is 93.2 Å². The maximum absolute atomic E-state index is 12.1. The molecule has 25 heavy (non-hydrogen) atoms. The highest BCUT2D eigenvalue weighted by Crippen LogP contribution is 2.27. The number of aromatic nitrogens is 2. The van der Waals surface area contributed by atoms with Crippen molar-refractivity contribution in [1.29, 1.82) is 0 Å². The van der Waals surface area contributed by atoms with Gasteiger partial charge in [0, 0.05) is 12.0 Å². The number of benzene rings is 1. The first-order chi connectivity index (χ1) is 12.0. The lowest BCUT2D eigenvalue weighted by Gasteiger charge is -2.12. The molecule has 0 radical (unpaired) electrons. The second kappa shape index (κ2) is 9.12. The fraction of sp³-hybridized carbons (Fsp3) is 0.412. The van der Waals surface area contributed by atoms with Gasteiger partial charge < -0.3 is 10.1 Å². The second-order valence-corrected chi connectivity index (χ2v) is 6.50. The molecular formula is C17H22N4O3S. The number of hydrogen-bond acceptors (Lipinski definition) is 6. The van der Waals surface area contributed by atoms with Crippen LogP contribution in [-0.4, -0.2) is 35.2 Å². The van der Waals surface area contributed by atoms with Crippen molar-refractivity contribution in [3.63, 3.8) is 0 Å². The van der Waals surface area contributed by atoms with Crippen molar-refractivity contribution in [3.8, 4) is 16.3 Å². The van der Waals surface area contributed by atoms with Crippen molar-refractivity contribution in [2.24, 2.45) is 0 Å². The molecule has 0 saturated heterocycles. The van der Waals surface area contributed by atoms with Crippen LogP contribution < -0.4 is 15.4 Å². The summed E-state index contributed by atoms with van der Waals surface area (Å²) in [7, 11) is 1.61. The zero-order chi connectivity index (χ0) is 18.2. The Hall–Kier alpha value is -2.48. The molecule has 1 heterocycles. The smallest absolute Gasteiger partial charge is 0.248 e. The lowest BCUT2D eigenvalue weighted by atomic mass is 10.2. The molecule has 0 saturated carbocycles. The van der Waals surface area contributed by atoms with E-state index in [-0.39, 0.29) is 11.8 Å². The van der Waals surface area contributed by atoms with Gasteiger partial charge in [0.1, 0.15) is 16.8 Å². The molecule has 0 bridgehead atoms. The highest BCUT2D eigenvalue weighted by Gasteiger charge is 2.17. The number of unbranched alkanes of at least 4 members (excludes halogenated alkanes) is 1. The summed E-state index contributed by atoms with van der Waals surface area (Å²) in [6.45, 7) is 3.66. The van der Waals surface area contributed by atoms with Gasteiger partial charge in [-0.2, -0.15) is 0 Å². The molecule has 2 rings (SSSR count). The van der Waals surface area contributed by atoms with Gasteiger partial charge in [-0.05, 0) is 37.6 Å². The summed E-state index contributed by atoms with van der Waals surface area (Å²) in [6.07, 6.45) is 2.17. The number of anilines is 1. The van der Waals surface area contributed by atoms with E-state index in [9.17, 15) is 9.59 Å². The third-order valence-electron chi connectivity index (χ3n) is 3.52. The van der Waals surface area contributed by atoms with Gasteiger partial charge in [-0.15, -0.1) is 10.2 Å². The van der Waals surface area contributed by atoms with Crippen LogP contribution in [0.2, 0.25) is 0 Å². The fourth-order valence-corrected chi connectivity index (χ4v) is 2.81. The SMILES string of the molecule is CCCCC(=O)NC(C)C(=O)Nc1nnc(-c2ccc(OC)cc2)s1. The monoisotopic (exact) mass is 362 g/mol. The number of nitrogens with zero attached hydrogens (tertiary/aromatic N) is 2. The van der Waals surface area contributed by atoms with Crippen molar-refractivity contribution < 1.29 is 14.3 Å². The number of amides is 2. The molecule has 2 aromatic rings. The van der Waals surface area contributed by atoms with E-state index >= 15 is 0 Å². The van der Waals surface area contributed by atoms with Gasteiger partial charge in [0.2, 0.25) is 16.9 Å². The van der Waals surface area contributed by atoms with E-state index in [1.807, 2.05) is 31.2 Å². The highest BCUT2D eigenvalue weighted by molar-refractivity contribution is 7.18. The van der Waals surface area contributed by atoms with E-state index in [1.165, 1.54) is 11.3 Å². The summed E-state index contributed by atoms with van der Waals surface area (Å²) >= 11 is 1.27. The molecule has 1 unspecified atom stereocenters. The minimum absolute atomic E-state index is 0.124. The predicted octanol–water partition coefficient (Wildman–Crippen LogP) is 2.85. The van der Waals surface area contributed by atoms with E-state index < -0.39 is 6.04 Å². The molecule has 0 aliphatic carbocycles. The van der Waals surface area contributed by atoms with Gasteiger partial charge in [-0.1, -0.05) is 24.7 Å². The van der Waals surface area contributed by atoms with Crippen LogP contribution in [0.1, 0.15) is 33.1 Å². The normalized spacial score (nSPS) is 11.6. The Kier molecular flexibility index (Phi) is 6.88. The van der Waals surface area contributed by atoms with Crippen LogP contribution in [0.4, 0.5) is 5.13 Å². The van der Waals surface area contributed by atoms with E-state index in [0.29, 0.717) is 16.6 Å². The quantitative estimate of drug-likeness (QED) is 0.753. The largest absolute Gasteiger partial charge is 0.497 e. The number of methoxy groups -OCH3 is 1. The molecular weight excluding hydrogens is 340 g/mol. The van der Waals surface area contributed by atoms with Crippen LogP contribution in [0.5, 0.6) is 5.75 Å². The highest BCUT2D eigenvalue weighted by atomic mass is 32.1. The molecule has 8 heteroatoms. The predicted molar refractivity (Wildman–Crippen MR) is 97.7 cm³/mol. The summed E-state index contributed by atoms with van der Waals surface area (Å²) in [6, 6.07) is 6.80. The van der Waals surface area contributed by atoms with E-state index in [0.717, 1.165) is 24.2 Å². The van der Waals surface area contributed by atoms with Crippen molar-refractivity contribution >= 4 is 28.3 Å². The van der Waals surface area contributed by atoms with Gasteiger partial charge >= 0.3 is 0 Å². The summed E-state index contributed by atoms with van der Waals surface area (Å²) in [4.78, 5) is 23.8. The first-order valence-electron chi connectivity index (χ1n) is 8.11. The summed E-state index contributed by atoms with van der Waals surface area (Å²) in [5, 5.41) is 14.5. The molecule has 7 nitrogen and oxygen atoms in total. The first kappa shape index (κ1) is 18.9. The third kappa shape index (κ3) is 5.53. The van der Waals surface area contributed by atoms with Crippen LogP contribution in [0, 0.1) is 0 Å². The van der Waals surface area contributed by atoms with Gasteiger partial charge in [0.25, 0.3) is 0 Å². The molecule has 134 valence electrons. The van der Waals surface area contributed by atoms with Crippen molar-refractivity contribution in [2.45, 2.75) is 39.2 Å². The number of rotatable bonds is 8. The summed E-state index contributed by atoms with van der Waals surface area (Å²) in [5.74, 6) is 0.317. The molecule has 0 aliphatic heterocycles. The van der Waals surface area contributed by atoms with Crippen LogP contribution >= 0.6 is 11.3 Å². The number of nitrogens with one attached hydrogen (secondary N) is 2. The molecule has 1 aromatic carbocycles. The summed E-state index contributed by atoms with van der Waals surface area (Å²) in [5.41, 5.74) is 0.889. The van der Waals surface area contributed by atoms with Crippen LogP contribution in [0.25, 0.3) is 10.6 Å². The van der Waals surface area contributed by atoms with Gasteiger partial charge in [-0.25, -0.2) is 0 Å². The van der Waals surface area contributed by atoms with Gasteiger partial charge in [0.15, 0.2) is 0 Å². The number of hydrogen-bond donors (Lipinski definition) is 2. The van der Waals surface area contributed by atoms with Crippen LogP contribution in [0.3, 0.4) is 0 Å². The standard InChI is InChI=1S/C17H22N4O3S/c1-4-5-6-14(22)18-11(2)15(23)19-17-21-20-16(25-17)12-7-9-13(24-3)10-8-12/h7-11H,4-6H2,1-3H3,(H,18,22)(H,19,21,23). The Balaban J connectivity index is 1.93. The third-order valence-corrected chi connectivity index (χ3v) is 4.41. The summed E-state index contributed by atoms with van der Waals surface area (Å²) < 4.78 is 5.12. The molecule has 1 aromatic heterocycles. The lowest BCUT2D eigenvalue weighted by Crippen LogP contribution is -2.41. The Morgan fingerprint density at radius 3 is 2.60 bits per heavy atom. The maximum atomic E-state index is 12.1. The lowest BCUT2D eigenvalue weighted by molar-refractivity contribution is -0.126. The fourth-order valence-electron chi connectivity index (χ4n) is 2.05. The first-order valence-corrected chi connectivity index (χ1v) is 8.93. The molecule has 2 amide bonds. The number of ether oxygens (including phenoxy) is 1. The molecule has 0 aliphatic rings. The second-order valence-electron chi connectivity index (χ2n) is 5.52. The minimum atomic E-state index is -0.627. The zero-order valence-electron chi connectivity index (χ0n) is 14.5. The average molecular weight is 362 g/mol. The maximum Gasteiger partial charge on any atom is 0.248 e. The van der Waals surface area contributed by atoms with E-state index in [4.69, 9.17) is 4.74 Å². The van der Waals surface area contributed by atoms with Crippen LogP contribution in [-0.2, 0) is 9.59 Å². The van der Waals surface area contributed by atoms with Crippen molar-refractivity contribution in [2.75, 3.05) is 12.4 Å². The van der Waals surface area contributed by atoms with Gasteiger partial charge in [-0.3, -0.25) is 14.9 Å². The average Bonchev–Trinajstić information content (AvgIpc) is 3.08. The number of carbonyl (C=O) groups excluding carboxylic acids is 2.